The monoisotopic (exact) mass is 285 g/mol. The molecule has 18 heavy (non-hydrogen) atoms. The van der Waals surface area contributed by atoms with E-state index in [1.54, 1.807) is 24.3 Å². The first-order valence-corrected chi connectivity index (χ1v) is 7.66. The average Bonchev–Trinajstić information content (AvgIpc) is 3.00. The number of nitriles is 1. The molecule has 1 aliphatic carbocycles. The molecule has 4 nitrogen and oxygen atoms in total. The minimum atomic E-state index is -3.38. The van der Waals surface area contributed by atoms with Crippen molar-refractivity contribution in [2.24, 2.45) is 5.41 Å². The fraction of sp³-hybridized carbons (Fsp3) is 0.417. The van der Waals surface area contributed by atoms with Crippen molar-refractivity contribution in [3.63, 3.8) is 0 Å². The van der Waals surface area contributed by atoms with Crippen molar-refractivity contribution in [3.8, 4) is 6.07 Å². The third-order valence-electron chi connectivity index (χ3n) is 3.42. The maximum atomic E-state index is 11.7. The summed E-state index contributed by atoms with van der Waals surface area (Å²) in [6.07, 6.45) is 1.09. The molecule has 1 aliphatic rings. The molecule has 0 aromatic heterocycles. The molecule has 0 radical (unpaired) electrons. The van der Waals surface area contributed by atoms with E-state index in [0.717, 1.165) is 6.26 Å². The lowest BCUT2D eigenvalue weighted by Crippen LogP contribution is -2.16. The van der Waals surface area contributed by atoms with Crippen LogP contribution < -0.4 is 0 Å². The van der Waals surface area contributed by atoms with E-state index in [1.807, 2.05) is 6.07 Å². The normalized spacial score (nSPS) is 30.8. The Morgan fingerprint density at radius 3 is 2.33 bits per heavy atom. The molecule has 0 amide bonds. The maximum absolute atomic E-state index is 11.7. The number of hydrogen-bond donors (Lipinski definition) is 1. The van der Waals surface area contributed by atoms with Gasteiger partial charge in [-0.05, 0) is 17.7 Å². The molecule has 1 aromatic carbocycles. The van der Waals surface area contributed by atoms with Crippen LogP contribution in [0.15, 0.2) is 24.3 Å². The third kappa shape index (κ3) is 1.91. The Kier molecular flexibility index (Phi) is 3.14. The zero-order valence-corrected chi connectivity index (χ0v) is 11.2. The first kappa shape index (κ1) is 13.3. The molecule has 1 aromatic rings. The van der Waals surface area contributed by atoms with E-state index in [2.05, 4.69) is 0 Å². The SMILES string of the molecule is CS(=O)(=O)[C@H]1[C@H](c2ccc(Cl)cc2)[C@@]1(C#N)CO. The van der Waals surface area contributed by atoms with Crippen LogP contribution in [0.25, 0.3) is 0 Å². The number of rotatable bonds is 3. The number of hydrogen-bond acceptors (Lipinski definition) is 4. The lowest BCUT2D eigenvalue weighted by atomic mass is 10.0. The van der Waals surface area contributed by atoms with Gasteiger partial charge in [-0.1, -0.05) is 23.7 Å². The predicted molar refractivity (Wildman–Crippen MR) is 68.0 cm³/mol. The van der Waals surface area contributed by atoms with Crippen molar-refractivity contribution in [1.29, 1.82) is 5.26 Å². The number of halogens is 1. The fourth-order valence-electron chi connectivity index (χ4n) is 2.53. The summed E-state index contributed by atoms with van der Waals surface area (Å²) < 4.78 is 23.4. The highest BCUT2D eigenvalue weighted by Crippen LogP contribution is 2.62. The molecule has 3 atom stereocenters. The molecule has 0 saturated heterocycles. The second-order valence-electron chi connectivity index (χ2n) is 4.59. The van der Waals surface area contributed by atoms with Crippen LogP contribution in [0, 0.1) is 16.7 Å². The summed E-state index contributed by atoms with van der Waals surface area (Å²) in [5, 5.41) is 18.2. The van der Waals surface area contributed by atoms with Crippen molar-refractivity contribution < 1.29 is 13.5 Å². The Bertz CT molecular complexity index is 605. The summed E-state index contributed by atoms with van der Waals surface area (Å²) in [5.41, 5.74) is -0.507. The standard InChI is InChI=1S/C12H12ClNO3S/c1-18(16,17)11-10(12(11,6-14)7-15)8-2-4-9(13)5-3-8/h2-5,10-11,15H,7H2,1H3/t10-,11-,12+/m0/s1. The Balaban J connectivity index is 2.46. The molecule has 1 saturated carbocycles. The van der Waals surface area contributed by atoms with Gasteiger partial charge in [0.15, 0.2) is 9.84 Å². The number of nitrogens with zero attached hydrogens (tertiary/aromatic N) is 1. The second-order valence-corrected chi connectivity index (χ2v) is 7.19. The van der Waals surface area contributed by atoms with Gasteiger partial charge in [-0.3, -0.25) is 0 Å². The summed E-state index contributed by atoms with van der Waals surface area (Å²) >= 11 is 5.77. The molecule has 0 bridgehead atoms. The minimum absolute atomic E-state index is 0.464. The molecule has 0 aliphatic heterocycles. The van der Waals surface area contributed by atoms with Crippen LogP contribution in [-0.2, 0) is 9.84 Å². The van der Waals surface area contributed by atoms with E-state index >= 15 is 0 Å². The van der Waals surface area contributed by atoms with Crippen molar-refractivity contribution in [2.45, 2.75) is 11.2 Å². The van der Waals surface area contributed by atoms with Gasteiger partial charge in [0, 0.05) is 17.2 Å². The van der Waals surface area contributed by atoms with Gasteiger partial charge in [0.25, 0.3) is 0 Å². The minimum Gasteiger partial charge on any atom is -0.395 e. The van der Waals surface area contributed by atoms with E-state index in [1.165, 1.54) is 0 Å². The van der Waals surface area contributed by atoms with Crippen LogP contribution in [0.5, 0.6) is 0 Å². The zero-order valence-electron chi connectivity index (χ0n) is 9.67. The highest BCUT2D eigenvalue weighted by Gasteiger charge is 2.70. The van der Waals surface area contributed by atoms with Crippen LogP contribution in [0.3, 0.4) is 0 Å². The molecule has 0 heterocycles. The van der Waals surface area contributed by atoms with Crippen molar-refractivity contribution in [2.75, 3.05) is 12.9 Å². The third-order valence-corrected chi connectivity index (χ3v) is 5.28. The summed E-state index contributed by atoms with van der Waals surface area (Å²) in [5.74, 6) is -0.486. The lowest BCUT2D eigenvalue weighted by molar-refractivity contribution is 0.242. The number of aliphatic hydroxyl groups is 1. The quantitative estimate of drug-likeness (QED) is 0.909. The highest BCUT2D eigenvalue weighted by atomic mass is 35.5. The molecular formula is C12H12ClNO3S. The van der Waals surface area contributed by atoms with Gasteiger partial charge in [0.2, 0.25) is 0 Å². The van der Waals surface area contributed by atoms with Gasteiger partial charge in [-0.25, -0.2) is 8.42 Å². The fourth-order valence-corrected chi connectivity index (χ4v) is 4.51. The summed E-state index contributed by atoms with van der Waals surface area (Å²) in [7, 11) is -3.38. The summed E-state index contributed by atoms with van der Waals surface area (Å²) in [6.45, 7) is -0.464. The smallest absolute Gasteiger partial charge is 0.152 e. The molecule has 1 N–H and O–H groups in total. The topological polar surface area (TPSA) is 78.2 Å². The van der Waals surface area contributed by atoms with Gasteiger partial charge in [-0.15, -0.1) is 0 Å². The van der Waals surface area contributed by atoms with Gasteiger partial charge < -0.3 is 5.11 Å². The van der Waals surface area contributed by atoms with E-state index in [4.69, 9.17) is 11.6 Å². The maximum Gasteiger partial charge on any atom is 0.152 e. The van der Waals surface area contributed by atoms with Gasteiger partial charge in [-0.2, -0.15) is 5.26 Å². The summed E-state index contributed by atoms with van der Waals surface area (Å²) in [6, 6.07) is 8.64. The van der Waals surface area contributed by atoms with E-state index in [-0.39, 0.29) is 0 Å². The van der Waals surface area contributed by atoms with Crippen LogP contribution in [0.2, 0.25) is 5.02 Å². The molecule has 6 heteroatoms. The van der Waals surface area contributed by atoms with Gasteiger partial charge >= 0.3 is 0 Å². The van der Waals surface area contributed by atoms with Crippen LogP contribution in [-0.4, -0.2) is 31.6 Å². The number of aliphatic hydroxyl groups excluding tert-OH is 1. The first-order chi connectivity index (χ1) is 8.36. The highest BCUT2D eigenvalue weighted by molar-refractivity contribution is 7.91. The van der Waals surface area contributed by atoms with Crippen molar-refractivity contribution in [1.82, 2.24) is 0 Å². The molecule has 0 unspecified atom stereocenters. The Morgan fingerprint density at radius 2 is 2.00 bits per heavy atom. The van der Waals surface area contributed by atoms with Crippen molar-refractivity contribution in [3.05, 3.63) is 34.9 Å². The van der Waals surface area contributed by atoms with Crippen LogP contribution in [0.1, 0.15) is 11.5 Å². The van der Waals surface area contributed by atoms with Gasteiger partial charge in [0.05, 0.1) is 17.9 Å². The predicted octanol–water partition coefficient (Wildman–Crippen LogP) is 1.35. The van der Waals surface area contributed by atoms with E-state index in [9.17, 15) is 18.8 Å². The molecule has 2 rings (SSSR count). The van der Waals surface area contributed by atoms with Crippen molar-refractivity contribution >= 4 is 21.4 Å². The Labute approximate surface area is 111 Å². The second kappa shape index (κ2) is 4.23. The molecular weight excluding hydrogens is 274 g/mol. The van der Waals surface area contributed by atoms with Crippen LogP contribution >= 0.6 is 11.6 Å². The largest absolute Gasteiger partial charge is 0.395 e. The Morgan fingerprint density at radius 1 is 1.44 bits per heavy atom. The summed E-state index contributed by atoms with van der Waals surface area (Å²) in [4.78, 5) is 0. The van der Waals surface area contributed by atoms with Crippen LogP contribution in [0.4, 0.5) is 0 Å². The molecule has 96 valence electrons. The first-order valence-electron chi connectivity index (χ1n) is 5.33. The average molecular weight is 286 g/mol. The number of sulfone groups is 1. The Hall–Kier alpha value is -1.09. The van der Waals surface area contributed by atoms with E-state index < -0.39 is 33.0 Å². The zero-order chi connectivity index (χ0) is 13.6. The van der Waals surface area contributed by atoms with E-state index in [0.29, 0.717) is 10.6 Å². The van der Waals surface area contributed by atoms with Gasteiger partial charge in [0.1, 0.15) is 5.41 Å². The molecule has 1 fully saturated rings. The molecule has 0 spiro atoms. The number of benzene rings is 1. The lowest BCUT2D eigenvalue weighted by Gasteiger charge is -2.03.